The zero-order chi connectivity index (χ0) is 18.4. The minimum atomic E-state index is 0. The van der Waals surface area contributed by atoms with Crippen molar-refractivity contribution >= 4 is 29.9 Å². The van der Waals surface area contributed by atoms with Crippen LogP contribution in [-0.4, -0.2) is 35.7 Å². The zero-order valence-electron chi connectivity index (χ0n) is 16.5. The number of nitrogens with zero attached hydrogens (tertiary/aromatic N) is 3. The molecule has 5 nitrogen and oxygen atoms in total. The Morgan fingerprint density at radius 3 is 2.78 bits per heavy atom. The van der Waals surface area contributed by atoms with Crippen molar-refractivity contribution in [3.8, 4) is 0 Å². The minimum Gasteiger partial charge on any atom is -0.359 e. The Morgan fingerprint density at radius 1 is 1.33 bits per heavy atom. The molecule has 1 fully saturated rings. The highest BCUT2D eigenvalue weighted by Gasteiger charge is 2.25. The molecule has 0 bridgehead atoms. The second-order valence-corrected chi connectivity index (χ2v) is 7.33. The van der Waals surface area contributed by atoms with E-state index in [9.17, 15) is 0 Å². The molecule has 148 valence electrons. The number of aromatic nitrogens is 1. The molecular weight excluding hydrogens is 451 g/mol. The van der Waals surface area contributed by atoms with Gasteiger partial charge in [-0.1, -0.05) is 49.3 Å². The highest BCUT2D eigenvalue weighted by atomic mass is 127. The number of aliphatic imine (C=N–C) groups is 1. The van der Waals surface area contributed by atoms with Gasteiger partial charge in [0.05, 0.1) is 5.69 Å². The predicted molar refractivity (Wildman–Crippen MR) is 121 cm³/mol. The molecule has 27 heavy (non-hydrogen) atoms. The van der Waals surface area contributed by atoms with Gasteiger partial charge in [0.2, 0.25) is 0 Å². The SMILES string of the molecule is CCNC(=NCc1cc(C(C)C)no1)N1CCC(Cc2ccccc2)C1.I. The molecule has 1 unspecified atom stereocenters. The summed E-state index contributed by atoms with van der Waals surface area (Å²) in [6.07, 6.45) is 2.34. The summed E-state index contributed by atoms with van der Waals surface area (Å²) in [6, 6.07) is 12.8. The van der Waals surface area contributed by atoms with Crippen molar-refractivity contribution in [2.45, 2.75) is 46.1 Å². The third kappa shape index (κ3) is 6.23. The van der Waals surface area contributed by atoms with E-state index in [2.05, 4.69) is 66.5 Å². The van der Waals surface area contributed by atoms with Crippen molar-refractivity contribution in [3.63, 3.8) is 0 Å². The van der Waals surface area contributed by atoms with Gasteiger partial charge >= 0.3 is 0 Å². The monoisotopic (exact) mass is 482 g/mol. The number of rotatable bonds is 6. The highest BCUT2D eigenvalue weighted by Crippen LogP contribution is 2.21. The van der Waals surface area contributed by atoms with E-state index in [-0.39, 0.29) is 24.0 Å². The standard InChI is InChI=1S/C21H30N4O.HI/c1-4-22-21(23-14-19-13-20(16(2)3)24-26-19)25-11-10-18(15-25)12-17-8-6-5-7-9-17;/h5-9,13,16,18H,4,10-12,14-15H2,1-3H3,(H,22,23);1H. The topological polar surface area (TPSA) is 53.7 Å². The van der Waals surface area contributed by atoms with Crippen LogP contribution in [0.1, 0.15) is 50.1 Å². The lowest BCUT2D eigenvalue weighted by molar-refractivity contribution is 0.375. The fourth-order valence-electron chi connectivity index (χ4n) is 3.39. The van der Waals surface area contributed by atoms with E-state index in [0.29, 0.717) is 18.4 Å². The van der Waals surface area contributed by atoms with E-state index in [4.69, 9.17) is 9.52 Å². The van der Waals surface area contributed by atoms with Gasteiger partial charge in [0, 0.05) is 25.7 Å². The molecule has 1 aliphatic rings. The van der Waals surface area contributed by atoms with E-state index in [1.807, 2.05) is 6.07 Å². The smallest absolute Gasteiger partial charge is 0.194 e. The number of hydrogen-bond acceptors (Lipinski definition) is 3. The summed E-state index contributed by atoms with van der Waals surface area (Å²) < 4.78 is 5.41. The maximum absolute atomic E-state index is 5.41. The first-order valence-electron chi connectivity index (χ1n) is 9.68. The summed E-state index contributed by atoms with van der Waals surface area (Å²) in [5, 5.41) is 7.54. The molecule has 1 N–H and O–H groups in total. The van der Waals surface area contributed by atoms with Crippen LogP contribution in [0.2, 0.25) is 0 Å². The molecule has 1 atom stereocenters. The van der Waals surface area contributed by atoms with Gasteiger partial charge in [-0.2, -0.15) is 0 Å². The van der Waals surface area contributed by atoms with Crippen LogP contribution in [0.5, 0.6) is 0 Å². The molecule has 2 aromatic rings. The number of halogens is 1. The number of benzene rings is 1. The number of nitrogens with one attached hydrogen (secondary N) is 1. The first-order valence-corrected chi connectivity index (χ1v) is 9.68. The van der Waals surface area contributed by atoms with Crippen molar-refractivity contribution in [2.24, 2.45) is 10.9 Å². The van der Waals surface area contributed by atoms with Crippen molar-refractivity contribution in [3.05, 3.63) is 53.4 Å². The first kappa shape index (κ1) is 21.7. The van der Waals surface area contributed by atoms with Crippen LogP contribution >= 0.6 is 24.0 Å². The highest BCUT2D eigenvalue weighted by molar-refractivity contribution is 14.0. The third-order valence-corrected chi connectivity index (χ3v) is 4.84. The van der Waals surface area contributed by atoms with Crippen LogP contribution in [0.25, 0.3) is 0 Å². The van der Waals surface area contributed by atoms with Crippen LogP contribution in [0.4, 0.5) is 0 Å². The fourth-order valence-corrected chi connectivity index (χ4v) is 3.39. The van der Waals surface area contributed by atoms with Crippen LogP contribution in [0, 0.1) is 5.92 Å². The lowest BCUT2D eigenvalue weighted by Gasteiger charge is -2.21. The Hall–Kier alpha value is -1.57. The molecule has 3 rings (SSSR count). The van der Waals surface area contributed by atoms with Crippen LogP contribution in [0.15, 0.2) is 45.9 Å². The normalized spacial score (nSPS) is 17.3. The first-order chi connectivity index (χ1) is 12.7. The van der Waals surface area contributed by atoms with Gasteiger partial charge in [-0.25, -0.2) is 4.99 Å². The molecule has 0 saturated carbocycles. The average Bonchev–Trinajstić information content (AvgIpc) is 3.29. The number of guanidine groups is 1. The summed E-state index contributed by atoms with van der Waals surface area (Å²) in [5.41, 5.74) is 2.41. The molecule has 1 saturated heterocycles. The van der Waals surface area contributed by atoms with Gasteiger partial charge in [-0.15, -0.1) is 24.0 Å². The van der Waals surface area contributed by atoms with E-state index in [0.717, 1.165) is 43.5 Å². The molecule has 1 aliphatic heterocycles. The molecule has 2 heterocycles. The summed E-state index contributed by atoms with van der Waals surface area (Å²) in [4.78, 5) is 7.15. The Bertz CT molecular complexity index is 714. The van der Waals surface area contributed by atoms with E-state index in [1.165, 1.54) is 12.0 Å². The summed E-state index contributed by atoms with van der Waals surface area (Å²) >= 11 is 0. The molecule has 0 aliphatic carbocycles. The van der Waals surface area contributed by atoms with E-state index in [1.54, 1.807) is 0 Å². The molecule has 1 aromatic heterocycles. The van der Waals surface area contributed by atoms with Gasteiger partial charge in [0.1, 0.15) is 6.54 Å². The number of likely N-dealkylation sites (tertiary alicyclic amines) is 1. The van der Waals surface area contributed by atoms with Gasteiger partial charge in [0.15, 0.2) is 11.7 Å². The lowest BCUT2D eigenvalue weighted by Crippen LogP contribution is -2.40. The van der Waals surface area contributed by atoms with Gasteiger partial charge < -0.3 is 14.7 Å². The van der Waals surface area contributed by atoms with Crippen LogP contribution in [-0.2, 0) is 13.0 Å². The molecule has 1 aromatic carbocycles. The van der Waals surface area contributed by atoms with Crippen molar-refractivity contribution in [2.75, 3.05) is 19.6 Å². The molecular formula is C21H31IN4O. The van der Waals surface area contributed by atoms with Gasteiger partial charge in [-0.3, -0.25) is 0 Å². The zero-order valence-corrected chi connectivity index (χ0v) is 18.8. The Labute approximate surface area is 179 Å². The average molecular weight is 482 g/mol. The molecule has 0 amide bonds. The second-order valence-electron chi connectivity index (χ2n) is 7.33. The Morgan fingerprint density at radius 2 is 2.11 bits per heavy atom. The predicted octanol–water partition coefficient (Wildman–Crippen LogP) is 4.45. The summed E-state index contributed by atoms with van der Waals surface area (Å²) in [7, 11) is 0. The summed E-state index contributed by atoms with van der Waals surface area (Å²) in [6.45, 7) is 9.84. The van der Waals surface area contributed by atoms with E-state index < -0.39 is 0 Å². The maximum Gasteiger partial charge on any atom is 0.194 e. The van der Waals surface area contributed by atoms with Crippen LogP contribution in [0.3, 0.4) is 0 Å². The molecule has 0 radical (unpaired) electrons. The van der Waals surface area contributed by atoms with Crippen molar-refractivity contribution in [1.29, 1.82) is 0 Å². The van der Waals surface area contributed by atoms with Gasteiger partial charge in [0.25, 0.3) is 0 Å². The Balaban J connectivity index is 0.00000261. The lowest BCUT2D eigenvalue weighted by atomic mass is 9.99. The largest absolute Gasteiger partial charge is 0.359 e. The molecule has 0 spiro atoms. The minimum absolute atomic E-state index is 0. The summed E-state index contributed by atoms with van der Waals surface area (Å²) in [5.74, 6) is 2.86. The molecule has 6 heteroatoms. The quantitative estimate of drug-likeness (QED) is 0.376. The third-order valence-electron chi connectivity index (χ3n) is 4.84. The maximum atomic E-state index is 5.41. The van der Waals surface area contributed by atoms with Crippen LogP contribution < -0.4 is 5.32 Å². The Kier molecular flexibility index (Phi) is 8.60. The van der Waals surface area contributed by atoms with Gasteiger partial charge in [-0.05, 0) is 37.2 Å². The fraction of sp³-hybridized carbons (Fsp3) is 0.524. The van der Waals surface area contributed by atoms with Crippen molar-refractivity contribution in [1.82, 2.24) is 15.4 Å². The second kappa shape index (κ2) is 10.7. The van der Waals surface area contributed by atoms with E-state index >= 15 is 0 Å². The number of hydrogen-bond donors (Lipinski definition) is 1. The van der Waals surface area contributed by atoms with Crippen molar-refractivity contribution < 1.29 is 4.52 Å².